The fourth-order valence-corrected chi connectivity index (χ4v) is 2.07. The van der Waals surface area contributed by atoms with Crippen LogP contribution in [0.2, 0.25) is 0 Å². The van der Waals surface area contributed by atoms with Gasteiger partial charge in [0, 0.05) is 0 Å². The second kappa shape index (κ2) is 4.27. The molecule has 1 aliphatic rings. The van der Waals surface area contributed by atoms with E-state index in [9.17, 15) is 5.11 Å². The molecule has 0 amide bonds. The molecule has 0 aromatic carbocycles. The van der Waals surface area contributed by atoms with Crippen molar-refractivity contribution in [2.75, 3.05) is 0 Å². The summed E-state index contributed by atoms with van der Waals surface area (Å²) in [6, 6.07) is 0. The van der Waals surface area contributed by atoms with Gasteiger partial charge in [0.1, 0.15) is 0 Å². The van der Waals surface area contributed by atoms with Crippen molar-refractivity contribution in [3.05, 3.63) is 0 Å². The van der Waals surface area contributed by atoms with Crippen LogP contribution in [0.1, 0.15) is 58.8 Å². The lowest BCUT2D eigenvalue weighted by Gasteiger charge is -2.23. The third-order valence-electron chi connectivity index (χ3n) is 3.03. The van der Waals surface area contributed by atoms with Crippen LogP contribution in [0.5, 0.6) is 0 Å². The third-order valence-corrected chi connectivity index (χ3v) is 3.03. The van der Waals surface area contributed by atoms with Gasteiger partial charge in [0.15, 0.2) is 0 Å². The maximum Gasteiger partial charge on any atom is 0.0540 e. The highest BCUT2D eigenvalue weighted by Gasteiger charge is 2.19. The molecule has 1 saturated carbocycles. The molecule has 0 aromatic heterocycles. The standard InChI is InChI=1S/C11H22O/c1-11(2)8-4-3-6-10(12)7-5-9-11/h10,12H,3-9H2,1-2H3. The molecule has 1 aliphatic carbocycles. The van der Waals surface area contributed by atoms with E-state index in [-0.39, 0.29) is 6.10 Å². The van der Waals surface area contributed by atoms with Crippen LogP contribution in [0.15, 0.2) is 0 Å². The van der Waals surface area contributed by atoms with Crippen molar-refractivity contribution < 1.29 is 5.11 Å². The van der Waals surface area contributed by atoms with Crippen LogP contribution in [-0.2, 0) is 0 Å². The molecule has 0 heterocycles. The molecule has 72 valence electrons. The lowest BCUT2D eigenvalue weighted by atomic mass is 9.83. The summed E-state index contributed by atoms with van der Waals surface area (Å²) in [6.45, 7) is 4.70. The average molecular weight is 170 g/mol. The number of hydrogen-bond donors (Lipinski definition) is 1. The molecule has 0 aromatic rings. The second-order valence-corrected chi connectivity index (χ2v) is 4.96. The van der Waals surface area contributed by atoms with Gasteiger partial charge >= 0.3 is 0 Å². The van der Waals surface area contributed by atoms with Crippen molar-refractivity contribution in [2.45, 2.75) is 64.9 Å². The predicted molar refractivity (Wildman–Crippen MR) is 52.1 cm³/mol. The molecule has 1 unspecified atom stereocenters. The van der Waals surface area contributed by atoms with Crippen LogP contribution in [-0.4, -0.2) is 11.2 Å². The molecular weight excluding hydrogens is 148 g/mol. The van der Waals surface area contributed by atoms with Gasteiger partial charge in [-0.3, -0.25) is 0 Å². The lowest BCUT2D eigenvalue weighted by molar-refractivity contribution is 0.148. The highest BCUT2D eigenvalue weighted by atomic mass is 16.3. The van der Waals surface area contributed by atoms with Crippen LogP contribution >= 0.6 is 0 Å². The Hall–Kier alpha value is -0.0400. The quantitative estimate of drug-likeness (QED) is 0.592. The fourth-order valence-electron chi connectivity index (χ4n) is 2.07. The zero-order valence-corrected chi connectivity index (χ0v) is 8.47. The third kappa shape index (κ3) is 3.57. The van der Waals surface area contributed by atoms with Crippen molar-refractivity contribution in [3.8, 4) is 0 Å². The second-order valence-electron chi connectivity index (χ2n) is 4.96. The first kappa shape index (κ1) is 10.0. The van der Waals surface area contributed by atoms with E-state index in [1.54, 1.807) is 0 Å². The monoisotopic (exact) mass is 170 g/mol. The van der Waals surface area contributed by atoms with Gasteiger partial charge in [0.05, 0.1) is 6.10 Å². The normalized spacial score (nSPS) is 31.8. The van der Waals surface area contributed by atoms with E-state index < -0.39 is 0 Å². The molecule has 1 nitrogen and oxygen atoms in total. The molecule has 0 saturated heterocycles. The first-order valence-electron chi connectivity index (χ1n) is 5.28. The van der Waals surface area contributed by atoms with E-state index in [1.807, 2.05) is 0 Å². The number of hydrogen-bond acceptors (Lipinski definition) is 1. The van der Waals surface area contributed by atoms with Crippen molar-refractivity contribution in [1.82, 2.24) is 0 Å². The Kier molecular flexibility index (Phi) is 3.57. The summed E-state index contributed by atoms with van der Waals surface area (Å²) in [5.41, 5.74) is 0.518. The molecule has 1 atom stereocenters. The minimum atomic E-state index is -0.0149. The Labute approximate surface area is 76.2 Å². The van der Waals surface area contributed by atoms with Gasteiger partial charge in [-0.2, -0.15) is 0 Å². The zero-order valence-electron chi connectivity index (χ0n) is 8.47. The number of rotatable bonds is 0. The summed E-state index contributed by atoms with van der Waals surface area (Å²) in [6.07, 6.45) is 8.35. The summed E-state index contributed by atoms with van der Waals surface area (Å²) in [5.74, 6) is 0. The van der Waals surface area contributed by atoms with Crippen molar-refractivity contribution in [3.63, 3.8) is 0 Å². The highest BCUT2D eigenvalue weighted by Crippen LogP contribution is 2.32. The minimum absolute atomic E-state index is 0.0149. The van der Waals surface area contributed by atoms with E-state index in [0.717, 1.165) is 12.8 Å². The summed E-state index contributed by atoms with van der Waals surface area (Å²) in [5, 5.41) is 9.51. The van der Waals surface area contributed by atoms with E-state index >= 15 is 0 Å². The van der Waals surface area contributed by atoms with Crippen LogP contribution in [0.4, 0.5) is 0 Å². The summed E-state index contributed by atoms with van der Waals surface area (Å²) < 4.78 is 0. The Morgan fingerprint density at radius 2 is 1.58 bits per heavy atom. The molecule has 1 rings (SSSR count). The summed E-state index contributed by atoms with van der Waals surface area (Å²) in [4.78, 5) is 0. The molecule has 1 heteroatoms. The topological polar surface area (TPSA) is 20.2 Å². The van der Waals surface area contributed by atoms with Crippen LogP contribution in [0, 0.1) is 5.41 Å². The van der Waals surface area contributed by atoms with Crippen molar-refractivity contribution in [2.24, 2.45) is 5.41 Å². The average Bonchev–Trinajstić information content (AvgIpc) is 2.02. The van der Waals surface area contributed by atoms with E-state index in [4.69, 9.17) is 0 Å². The van der Waals surface area contributed by atoms with E-state index in [0.29, 0.717) is 5.41 Å². The number of aliphatic hydroxyl groups excluding tert-OH is 1. The number of aliphatic hydroxyl groups is 1. The smallest absolute Gasteiger partial charge is 0.0540 e. The summed E-state index contributed by atoms with van der Waals surface area (Å²) >= 11 is 0. The molecule has 0 radical (unpaired) electrons. The van der Waals surface area contributed by atoms with Gasteiger partial charge in [-0.25, -0.2) is 0 Å². The SMILES string of the molecule is CC1(C)CCCCC(O)CCC1. The Morgan fingerprint density at radius 1 is 1.00 bits per heavy atom. The molecule has 0 bridgehead atoms. The minimum Gasteiger partial charge on any atom is -0.393 e. The van der Waals surface area contributed by atoms with E-state index in [1.165, 1.54) is 32.1 Å². The van der Waals surface area contributed by atoms with Gasteiger partial charge in [0.2, 0.25) is 0 Å². The molecular formula is C11H22O. The Morgan fingerprint density at radius 3 is 2.33 bits per heavy atom. The van der Waals surface area contributed by atoms with Crippen LogP contribution in [0.25, 0.3) is 0 Å². The maximum absolute atomic E-state index is 9.51. The fraction of sp³-hybridized carbons (Fsp3) is 1.00. The highest BCUT2D eigenvalue weighted by molar-refractivity contribution is 4.72. The van der Waals surface area contributed by atoms with Crippen LogP contribution in [0.3, 0.4) is 0 Å². The first-order valence-corrected chi connectivity index (χ1v) is 5.28. The first-order chi connectivity index (χ1) is 5.60. The van der Waals surface area contributed by atoms with Gasteiger partial charge in [0.25, 0.3) is 0 Å². The van der Waals surface area contributed by atoms with Gasteiger partial charge < -0.3 is 5.11 Å². The largest absolute Gasteiger partial charge is 0.393 e. The molecule has 12 heavy (non-hydrogen) atoms. The van der Waals surface area contributed by atoms with E-state index in [2.05, 4.69) is 13.8 Å². The molecule has 1 fully saturated rings. The molecule has 0 aliphatic heterocycles. The van der Waals surface area contributed by atoms with Gasteiger partial charge in [-0.05, 0) is 31.1 Å². The Bertz CT molecular complexity index is 129. The molecule has 1 N–H and O–H groups in total. The van der Waals surface area contributed by atoms with Gasteiger partial charge in [-0.15, -0.1) is 0 Å². The van der Waals surface area contributed by atoms with Gasteiger partial charge in [-0.1, -0.05) is 33.1 Å². The van der Waals surface area contributed by atoms with Crippen molar-refractivity contribution in [1.29, 1.82) is 0 Å². The molecule has 0 spiro atoms. The summed E-state index contributed by atoms with van der Waals surface area (Å²) in [7, 11) is 0. The van der Waals surface area contributed by atoms with Crippen LogP contribution < -0.4 is 0 Å². The lowest BCUT2D eigenvalue weighted by Crippen LogP contribution is -2.10. The van der Waals surface area contributed by atoms with Crippen molar-refractivity contribution >= 4 is 0 Å². The predicted octanol–water partition coefficient (Wildman–Crippen LogP) is 3.12. The Balaban J connectivity index is 2.37. The maximum atomic E-state index is 9.51. The zero-order chi connectivity index (χ0) is 9.03.